The number of sulfonamides is 1. The zero-order valence-corrected chi connectivity index (χ0v) is 23.4. The van der Waals surface area contributed by atoms with Crippen molar-refractivity contribution in [3.8, 4) is 0 Å². The van der Waals surface area contributed by atoms with Crippen LogP contribution in [0.2, 0.25) is 0 Å². The summed E-state index contributed by atoms with van der Waals surface area (Å²) >= 11 is 0. The molecule has 2 aliphatic heterocycles. The molecule has 0 saturated carbocycles. The first-order valence-corrected chi connectivity index (χ1v) is 15.4. The number of nitrogens with zero attached hydrogens (tertiary/aromatic N) is 4. The minimum Gasteiger partial charge on any atom is -0.395 e. The molecule has 216 valence electrons. The van der Waals surface area contributed by atoms with Gasteiger partial charge in [0.1, 0.15) is 5.82 Å². The molecule has 0 spiro atoms. The minimum absolute atomic E-state index is 0.0167. The summed E-state index contributed by atoms with van der Waals surface area (Å²) in [6.07, 6.45) is 1.16. The van der Waals surface area contributed by atoms with Crippen molar-refractivity contribution >= 4 is 15.7 Å². The highest BCUT2D eigenvalue weighted by Crippen LogP contribution is 2.53. The molecule has 2 saturated heterocycles. The fourth-order valence-corrected chi connectivity index (χ4v) is 8.67. The Morgan fingerprint density at radius 2 is 1.61 bits per heavy atom. The fourth-order valence-electron chi connectivity index (χ4n) is 6.84. The molecule has 2 heterocycles. The number of hydrogen-bond acceptors (Lipinski definition) is 7. The number of β-amino-alcohol motifs (C(OH)–C–C–N with tert-alkyl or cyclic N) is 1. The standard InChI is InChI=1S/C30H33FN4O5S/c31-23-6-5-22-17-21-3-1-2-4-27(21)29-19-25(20-33-13-11-32(12-14-33)15-16-36)34(30(29)28(22)18-23)41(39,40)26-9-7-24(8-10-26)35(37)38/h1-10,18,25,29-30,36H,11-17,19-20H2/t25-,29-,30-/m1/s1. The second kappa shape index (κ2) is 11.2. The second-order valence-corrected chi connectivity index (χ2v) is 13.0. The Bertz CT molecular complexity index is 1540. The summed E-state index contributed by atoms with van der Waals surface area (Å²) in [7, 11) is -4.13. The molecule has 3 aliphatic rings. The number of aliphatic hydroxyl groups excluding tert-OH is 1. The van der Waals surface area contributed by atoms with Crippen LogP contribution in [-0.4, -0.2) is 84.5 Å². The summed E-state index contributed by atoms with van der Waals surface area (Å²) in [4.78, 5) is 15.1. The molecular formula is C30H33FN4O5S. The Morgan fingerprint density at radius 3 is 2.32 bits per heavy atom. The van der Waals surface area contributed by atoms with E-state index in [1.165, 1.54) is 36.4 Å². The zero-order chi connectivity index (χ0) is 28.7. The predicted molar refractivity (Wildman–Crippen MR) is 152 cm³/mol. The third-order valence-electron chi connectivity index (χ3n) is 8.78. The van der Waals surface area contributed by atoms with E-state index in [1.807, 2.05) is 12.1 Å². The van der Waals surface area contributed by atoms with Crippen LogP contribution >= 0.6 is 0 Å². The minimum atomic E-state index is -4.13. The summed E-state index contributed by atoms with van der Waals surface area (Å²) in [5.74, 6) is -0.590. The number of nitro groups is 1. The van der Waals surface area contributed by atoms with E-state index >= 15 is 0 Å². The Hall–Kier alpha value is -3.22. The van der Waals surface area contributed by atoms with Crippen LogP contribution in [0.5, 0.6) is 0 Å². The first-order valence-electron chi connectivity index (χ1n) is 14.0. The number of non-ortho nitro benzene ring substituents is 1. The molecule has 0 aromatic heterocycles. The first-order chi connectivity index (χ1) is 19.8. The lowest BCUT2D eigenvalue weighted by atomic mass is 9.87. The van der Waals surface area contributed by atoms with Gasteiger partial charge >= 0.3 is 0 Å². The summed E-state index contributed by atoms with van der Waals surface area (Å²) in [6.45, 7) is 4.29. The van der Waals surface area contributed by atoms with Gasteiger partial charge in [-0.1, -0.05) is 30.3 Å². The molecule has 11 heteroatoms. The van der Waals surface area contributed by atoms with E-state index in [-0.39, 0.29) is 23.1 Å². The number of nitro benzene ring substituents is 1. The molecule has 3 aromatic carbocycles. The third-order valence-corrected chi connectivity index (χ3v) is 10.7. The molecule has 0 radical (unpaired) electrons. The van der Waals surface area contributed by atoms with Gasteiger partial charge < -0.3 is 5.11 Å². The summed E-state index contributed by atoms with van der Waals surface area (Å²) in [6, 6.07) is 16.7. The van der Waals surface area contributed by atoms with Crippen molar-refractivity contribution in [2.45, 2.75) is 35.7 Å². The van der Waals surface area contributed by atoms with E-state index in [0.29, 0.717) is 31.5 Å². The van der Waals surface area contributed by atoms with E-state index < -0.39 is 32.8 Å². The Balaban J connectivity index is 1.44. The maximum atomic E-state index is 14.8. The van der Waals surface area contributed by atoms with E-state index in [9.17, 15) is 28.0 Å². The molecule has 2 fully saturated rings. The van der Waals surface area contributed by atoms with Crippen molar-refractivity contribution in [1.82, 2.24) is 14.1 Å². The molecule has 41 heavy (non-hydrogen) atoms. The predicted octanol–water partition coefficient (Wildman–Crippen LogP) is 3.54. The lowest BCUT2D eigenvalue weighted by molar-refractivity contribution is -0.384. The smallest absolute Gasteiger partial charge is 0.269 e. The van der Waals surface area contributed by atoms with Crippen LogP contribution in [0.4, 0.5) is 10.1 Å². The van der Waals surface area contributed by atoms with E-state index in [2.05, 4.69) is 21.9 Å². The van der Waals surface area contributed by atoms with Gasteiger partial charge in [-0.15, -0.1) is 0 Å². The van der Waals surface area contributed by atoms with Gasteiger partial charge in [-0.25, -0.2) is 12.8 Å². The van der Waals surface area contributed by atoms with Crippen LogP contribution in [0.15, 0.2) is 71.6 Å². The molecule has 0 bridgehead atoms. The first kappa shape index (κ1) is 27.9. The van der Waals surface area contributed by atoms with Gasteiger partial charge in [0.2, 0.25) is 10.0 Å². The molecule has 3 atom stereocenters. The van der Waals surface area contributed by atoms with Crippen LogP contribution in [0.25, 0.3) is 0 Å². The zero-order valence-electron chi connectivity index (χ0n) is 22.6. The van der Waals surface area contributed by atoms with E-state index in [1.54, 1.807) is 10.4 Å². The van der Waals surface area contributed by atoms with Crippen LogP contribution in [0, 0.1) is 15.9 Å². The van der Waals surface area contributed by atoms with Gasteiger partial charge in [-0.3, -0.25) is 19.9 Å². The van der Waals surface area contributed by atoms with Crippen LogP contribution in [0.1, 0.15) is 40.6 Å². The maximum absolute atomic E-state index is 14.8. The average Bonchev–Trinajstić information content (AvgIpc) is 3.29. The van der Waals surface area contributed by atoms with E-state index in [0.717, 1.165) is 42.9 Å². The number of halogens is 1. The van der Waals surface area contributed by atoms with Gasteiger partial charge in [0.25, 0.3) is 5.69 Å². The molecule has 9 nitrogen and oxygen atoms in total. The molecule has 0 amide bonds. The SMILES string of the molecule is O=[N+]([O-])c1ccc(S(=O)(=O)N2[C@@H](CN3CCN(CCO)CC3)C[C@@H]3c4ccccc4Cc4ccc(F)cc4[C@H]32)cc1. The van der Waals surface area contributed by atoms with Crippen molar-refractivity contribution in [2.24, 2.45) is 0 Å². The third kappa shape index (κ3) is 5.28. The number of fused-ring (bicyclic) bond motifs is 5. The Kier molecular flexibility index (Phi) is 7.64. The van der Waals surface area contributed by atoms with Gasteiger partial charge in [-0.2, -0.15) is 4.31 Å². The highest BCUT2D eigenvalue weighted by Gasteiger charge is 2.51. The summed E-state index contributed by atoms with van der Waals surface area (Å²) in [5, 5.41) is 20.6. The fraction of sp³-hybridized carbons (Fsp3) is 0.400. The van der Waals surface area contributed by atoms with Crippen LogP contribution < -0.4 is 0 Å². The highest BCUT2D eigenvalue weighted by molar-refractivity contribution is 7.89. The van der Waals surface area contributed by atoms with Gasteiger partial charge in [0.15, 0.2) is 0 Å². The maximum Gasteiger partial charge on any atom is 0.269 e. The molecule has 1 N–H and O–H groups in total. The second-order valence-electron chi connectivity index (χ2n) is 11.1. The van der Waals surface area contributed by atoms with Crippen molar-refractivity contribution in [3.05, 3.63) is 105 Å². The molecular weight excluding hydrogens is 547 g/mol. The topological polar surface area (TPSA) is 107 Å². The van der Waals surface area contributed by atoms with Crippen molar-refractivity contribution in [2.75, 3.05) is 45.9 Å². The van der Waals surface area contributed by atoms with Gasteiger partial charge in [0, 0.05) is 63.4 Å². The summed E-state index contributed by atoms with van der Waals surface area (Å²) in [5.41, 5.74) is 3.57. The number of benzene rings is 3. The van der Waals surface area contributed by atoms with E-state index in [4.69, 9.17) is 0 Å². The number of aliphatic hydroxyl groups is 1. The van der Waals surface area contributed by atoms with Gasteiger partial charge in [0.05, 0.1) is 22.5 Å². The normalized spacial score (nSPS) is 23.4. The molecule has 0 unspecified atom stereocenters. The lowest BCUT2D eigenvalue weighted by Gasteiger charge is -2.38. The van der Waals surface area contributed by atoms with Gasteiger partial charge in [-0.05, 0) is 59.4 Å². The van der Waals surface area contributed by atoms with Crippen LogP contribution in [0.3, 0.4) is 0 Å². The van der Waals surface area contributed by atoms with Crippen molar-refractivity contribution < 1.29 is 22.8 Å². The summed E-state index contributed by atoms with van der Waals surface area (Å²) < 4.78 is 45.3. The highest BCUT2D eigenvalue weighted by atomic mass is 32.2. The molecule has 1 aliphatic carbocycles. The number of hydrogen-bond donors (Lipinski definition) is 1. The van der Waals surface area contributed by atoms with Crippen LogP contribution in [-0.2, 0) is 16.4 Å². The molecule has 3 aromatic rings. The quantitative estimate of drug-likeness (QED) is 0.337. The number of piperazine rings is 1. The Labute approximate surface area is 239 Å². The monoisotopic (exact) mass is 580 g/mol. The van der Waals surface area contributed by atoms with Crippen molar-refractivity contribution in [3.63, 3.8) is 0 Å². The average molecular weight is 581 g/mol. The molecule has 6 rings (SSSR count). The van der Waals surface area contributed by atoms with Crippen molar-refractivity contribution in [1.29, 1.82) is 0 Å². The number of rotatable bonds is 7. The Morgan fingerprint density at radius 1 is 0.927 bits per heavy atom. The lowest BCUT2D eigenvalue weighted by Crippen LogP contribution is -2.51. The largest absolute Gasteiger partial charge is 0.395 e.